The van der Waals surface area contributed by atoms with Gasteiger partial charge in [0.25, 0.3) is 0 Å². The lowest BCUT2D eigenvalue weighted by Crippen LogP contribution is -2.53. The van der Waals surface area contributed by atoms with E-state index < -0.39 is 0 Å². The lowest BCUT2D eigenvalue weighted by Gasteiger charge is -2.59. The summed E-state index contributed by atoms with van der Waals surface area (Å²) in [5, 5.41) is 10.2. The number of hydrogen-bond donors (Lipinski definition) is 1. The molecule has 1 N–H and O–H groups in total. The minimum Gasteiger partial charge on any atom is -0.392 e. The van der Waals surface area contributed by atoms with E-state index in [1.54, 1.807) is 0 Å². The van der Waals surface area contributed by atoms with Gasteiger partial charge < -0.3 is 5.11 Å². The molecule has 1 nitrogen and oxygen atoms in total. The van der Waals surface area contributed by atoms with Gasteiger partial charge in [-0.3, -0.25) is 0 Å². The first-order valence-electron chi connectivity index (χ1n) is 9.17. The summed E-state index contributed by atoms with van der Waals surface area (Å²) in [6.07, 6.45) is 11.0. The van der Waals surface area contributed by atoms with Crippen LogP contribution in [0.5, 0.6) is 0 Å². The molecule has 2 spiro atoms. The lowest BCUT2D eigenvalue weighted by molar-refractivity contribution is -0.0883. The molecule has 0 bridgehead atoms. The SMILES string of the molecule is CC1=C(CO)[C@@]23CC[C@]4(C)CCC[C@@H](C)[C@@]42CC[C@]3(C)C1. The van der Waals surface area contributed by atoms with Gasteiger partial charge in [-0.25, -0.2) is 0 Å². The van der Waals surface area contributed by atoms with Crippen molar-refractivity contribution in [1.82, 2.24) is 0 Å². The molecule has 118 valence electrons. The number of hydrogen-bond acceptors (Lipinski definition) is 1. The summed E-state index contributed by atoms with van der Waals surface area (Å²) >= 11 is 0. The lowest BCUT2D eigenvalue weighted by atomic mass is 9.45. The van der Waals surface area contributed by atoms with Gasteiger partial charge in [0.05, 0.1) is 6.61 Å². The highest BCUT2D eigenvalue weighted by Gasteiger charge is 2.78. The molecular formula is C20H32O. The van der Waals surface area contributed by atoms with E-state index in [4.69, 9.17) is 0 Å². The smallest absolute Gasteiger partial charge is 0.0650 e. The fraction of sp³-hybridized carbons (Fsp3) is 0.900. The molecule has 4 aliphatic rings. The van der Waals surface area contributed by atoms with E-state index in [0.717, 1.165) is 5.92 Å². The molecule has 0 saturated heterocycles. The number of rotatable bonds is 1. The van der Waals surface area contributed by atoms with Crippen molar-refractivity contribution in [3.8, 4) is 0 Å². The summed E-state index contributed by atoms with van der Waals surface area (Å²) in [7, 11) is 0. The monoisotopic (exact) mass is 288 g/mol. The minimum atomic E-state index is 0.311. The van der Waals surface area contributed by atoms with Crippen LogP contribution < -0.4 is 0 Å². The molecule has 0 amide bonds. The van der Waals surface area contributed by atoms with Crippen LogP contribution in [0, 0.1) is 27.6 Å². The van der Waals surface area contributed by atoms with E-state index >= 15 is 0 Å². The molecule has 5 atom stereocenters. The maximum absolute atomic E-state index is 10.2. The van der Waals surface area contributed by atoms with Gasteiger partial charge in [-0.2, -0.15) is 0 Å². The van der Waals surface area contributed by atoms with E-state index in [0.29, 0.717) is 28.3 Å². The molecule has 0 unspecified atom stereocenters. The maximum Gasteiger partial charge on any atom is 0.0650 e. The molecule has 1 heteroatoms. The van der Waals surface area contributed by atoms with E-state index in [-0.39, 0.29) is 0 Å². The molecule has 3 fully saturated rings. The van der Waals surface area contributed by atoms with Crippen LogP contribution >= 0.6 is 0 Å². The van der Waals surface area contributed by atoms with Crippen molar-refractivity contribution >= 4 is 0 Å². The normalized spacial score (nSPS) is 55.6. The Balaban J connectivity index is 1.99. The molecule has 0 radical (unpaired) electrons. The second kappa shape index (κ2) is 3.96. The summed E-state index contributed by atoms with van der Waals surface area (Å²) in [6.45, 7) is 10.3. The largest absolute Gasteiger partial charge is 0.392 e. The molecular weight excluding hydrogens is 256 g/mol. The van der Waals surface area contributed by atoms with Crippen molar-refractivity contribution in [2.75, 3.05) is 6.61 Å². The van der Waals surface area contributed by atoms with Gasteiger partial charge >= 0.3 is 0 Å². The highest BCUT2D eigenvalue weighted by Crippen LogP contribution is 2.85. The van der Waals surface area contributed by atoms with E-state index in [1.165, 1.54) is 62.5 Å². The zero-order valence-corrected chi connectivity index (χ0v) is 14.4. The average Bonchev–Trinajstić information content (AvgIpc) is 2.91. The number of aliphatic hydroxyl groups excluding tert-OH is 1. The van der Waals surface area contributed by atoms with Crippen molar-refractivity contribution in [2.24, 2.45) is 27.6 Å². The molecule has 0 aromatic heterocycles. The zero-order chi connectivity index (χ0) is 15.1. The average molecular weight is 288 g/mol. The van der Waals surface area contributed by atoms with Crippen LogP contribution in [0.2, 0.25) is 0 Å². The molecule has 21 heavy (non-hydrogen) atoms. The highest BCUT2D eigenvalue weighted by atomic mass is 16.3. The van der Waals surface area contributed by atoms with Crippen molar-refractivity contribution in [3.05, 3.63) is 11.1 Å². The van der Waals surface area contributed by atoms with Gasteiger partial charge in [0.15, 0.2) is 0 Å². The van der Waals surface area contributed by atoms with Gasteiger partial charge in [-0.05, 0) is 73.2 Å². The summed E-state index contributed by atoms with van der Waals surface area (Å²) in [4.78, 5) is 0. The Labute approximate surface area is 130 Å². The van der Waals surface area contributed by atoms with Gasteiger partial charge in [0, 0.05) is 5.41 Å². The van der Waals surface area contributed by atoms with Gasteiger partial charge in [-0.1, -0.05) is 39.2 Å². The first-order valence-corrected chi connectivity index (χ1v) is 9.17. The topological polar surface area (TPSA) is 20.2 Å². The molecule has 0 aromatic carbocycles. The number of aliphatic hydroxyl groups is 1. The first-order chi connectivity index (χ1) is 9.87. The molecule has 0 aromatic rings. The summed E-state index contributed by atoms with van der Waals surface area (Å²) in [5.41, 5.74) is 4.75. The Kier molecular flexibility index (Phi) is 2.70. The second-order valence-electron chi connectivity index (χ2n) is 9.39. The Hall–Kier alpha value is -0.300. The summed E-state index contributed by atoms with van der Waals surface area (Å²) in [6, 6.07) is 0. The second-order valence-corrected chi connectivity index (χ2v) is 9.39. The molecule has 4 aliphatic carbocycles. The molecule has 0 heterocycles. The van der Waals surface area contributed by atoms with E-state index in [1.807, 2.05) is 0 Å². The van der Waals surface area contributed by atoms with Crippen LogP contribution in [0.3, 0.4) is 0 Å². The fourth-order valence-corrected chi connectivity index (χ4v) is 8.47. The Morgan fingerprint density at radius 1 is 1.05 bits per heavy atom. The van der Waals surface area contributed by atoms with Crippen LogP contribution in [0.4, 0.5) is 0 Å². The quantitative estimate of drug-likeness (QED) is 0.666. The Morgan fingerprint density at radius 2 is 1.76 bits per heavy atom. The predicted molar refractivity (Wildman–Crippen MR) is 87.0 cm³/mol. The first kappa shape index (κ1) is 14.3. The van der Waals surface area contributed by atoms with E-state index in [9.17, 15) is 5.11 Å². The molecule has 4 rings (SSSR count). The zero-order valence-electron chi connectivity index (χ0n) is 14.4. The third-order valence-electron chi connectivity index (χ3n) is 9.04. The summed E-state index contributed by atoms with van der Waals surface area (Å²) < 4.78 is 0. The fourth-order valence-electron chi connectivity index (χ4n) is 8.47. The third-order valence-corrected chi connectivity index (χ3v) is 9.04. The standard InChI is InChI=1S/C20H32O/c1-14-12-18(4)9-10-19-15(2)6-5-7-17(19,3)8-11-20(18,19)16(14)13-21/h15,21H,5-13H2,1-4H3/t15-,17+,18-,19+,20-/m1/s1. The third kappa shape index (κ3) is 1.23. The maximum atomic E-state index is 10.2. The molecule has 3 saturated carbocycles. The van der Waals surface area contributed by atoms with Crippen molar-refractivity contribution in [1.29, 1.82) is 0 Å². The predicted octanol–water partition coefficient (Wildman–Crippen LogP) is 5.09. The van der Waals surface area contributed by atoms with Crippen LogP contribution in [-0.4, -0.2) is 11.7 Å². The Bertz CT molecular complexity index is 520. The summed E-state index contributed by atoms with van der Waals surface area (Å²) in [5.74, 6) is 0.827. The van der Waals surface area contributed by atoms with Crippen LogP contribution in [0.1, 0.15) is 79.1 Å². The van der Waals surface area contributed by atoms with Crippen LogP contribution in [0.15, 0.2) is 11.1 Å². The minimum absolute atomic E-state index is 0.311. The Morgan fingerprint density at radius 3 is 2.48 bits per heavy atom. The van der Waals surface area contributed by atoms with Crippen molar-refractivity contribution in [3.63, 3.8) is 0 Å². The van der Waals surface area contributed by atoms with Gasteiger partial charge in [0.1, 0.15) is 0 Å². The highest BCUT2D eigenvalue weighted by molar-refractivity contribution is 5.43. The van der Waals surface area contributed by atoms with Crippen molar-refractivity contribution < 1.29 is 5.11 Å². The van der Waals surface area contributed by atoms with Crippen molar-refractivity contribution in [2.45, 2.75) is 79.1 Å². The number of allylic oxidation sites excluding steroid dienone is 1. The van der Waals surface area contributed by atoms with Crippen LogP contribution in [0.25, 0.3) is 0 Å². The van der Waals surface area contributed by atoms with Gasteiger partial charge in [0.2, 0.25) is 0 Å². The van der Waals surface area contributed by atoms with Crippen LogP contribution in [-0.2, 0) is 0 Å². The van der Waals surface area contributed by atoms with E-state index in [2.05, 4.69) is 27.7 Å². The van der Waals surface area contributed by atoms with Gasteiger partial charge in [-0.15, -0.1) is 0 Å². The molecule has 0 aliphatic heterocycles.